The van der Waals surface area contributed by atoms with Crippen LogP contribution in [0.25, 0.3) is 0 Å². The van der Waals surface area contributed by atoms with Crippen molar-refractivity contribution in [1.82, 2.24) is 4.98 Å². The Labute approximate surface area is 96.8 Å². The van der Waals surface area contributed by atoms with Gasteiger partial charge < -0.3 is 10.0 Å². The average Bonchev–Trinajstić information content (AvgIpc) is 3.10. The zero-order valence-corrected chi connectivity index (χ0v) is 9.16. The summed E-state index contributed by atoms with van der Waals surface area (Å²) in [7, 11) is 1.80. The fourth-order valence-corrected chi connectivity index (χ4v) is 1.60. The van der Waals surface area contributed by atoms with E-state index in [4.69, 9.17) is 5.11 Å². The molecule has 2 rings (SSSR count). The number of carboxylic acids is 1. The predicted molar refractivity (Wildman–Crippen MR) is 59.3 cm³/mol. The molecule has 7 heteroatoms. The zero-order valence-electron chi connectivity index (χ0n) is 9.16. The molecule has 0 bridgehead atoms. The zero-order chi connectivity index (χ0) is 12.6. The lowest BCUT2D eigenvalue weighted by Crippen LogP contribution is -2.21. The van der Waals surface area contributed by atoms with Crippen molar-refractivity contribution in [2.45, 2.75) is 18.9 Å². The summed E-state index contributed by atoms with van der Waals surface area (Å²) < 4.78 is 0. The molecule has 7 nitrogen and oxygen atoms in total. The Morgan fingerprint density at radius 3 is 2.76 bits per heavy atom. The highest BCUT2D eigenvalue weighted by Crippen LogP contribution is 2.30. The van der Waals surface area contributed by atoms with Gasteiger partial charge in [-0.25, -0.2) is 9.78 Å². The van der Waals surface area contributed by atoms with Gasteiger partial charge in [0.15, 0.2) is 0 Å². The molecule has 0 atom stereocenters. The second-order valence-corrected chi connectivity index (χ2v) is 3.96. The largest absolute Gasteiger partial charge is 0.477 e. The molecule has 1 aliphatic carbocycles. The van der Waals surface area contributed by atoms with E-state index >= 15 is 0 Å². The molecule has 0 aromatic carbocycles. The van der Waals surface area contributed by atoms with Crippen molar-refractivity contribution in [3.8, 4) is 0 Å². The molecule has 0 saturated heterocycles. The number of carboxylic acid groups (broad SMARTS) is 1. The van der Waals surface area contributed by atoms with E-state index in [1.54, 1.807) is 7.05 Å². The summed E-state index contributed by atoms with van der Waals surface area (Å²) in [6, 6.07) is 1.62. The highest BCUT2D eigenvalue weighted by molar-refractivity contribution is 5.93. The van der Waals surface area contributed by atoms with Gasteiger partial charge in [-0.05, 0) is 12.8 Å². The summed E-state index contributed by atoms with van der Waals surface area (Å²) in [5.41, 5.74) is -0.807. The molecule has 1 N–H and O–H groups in total. The lowest BCUT2D eigenvalue weighted by Gasteiger charge is -2.17. The van der Waals surface area contributed by atoms with Crippen LogP contribution in [0.1, 0.15) is 23.2 Å². The van der Waals surface area contributed by atoms with Gasteiger partial charge in [0.1, 0.15) is 17.6 Å². The van der Waals surface area contributed by atoms with Crippen molar-refractivity contribution in [3.63, 3.8) is 0 Å². The SMILES string of the molecule is CN(c1cc(C(=O)O)c([N+](=O)[O-])cn1)C1CC1. The quantitative estimate of drug-likeness (QED) is 0.626. The first-order valence-electron chi connectivity index (χ1n) is 5.11. The highest BCUT2D eigenvalue weighted by Gasteiger charge is 2.29. The molecule has 1 heterocycles. The molecule has 0 spiro atoms. The fraction of sp³-hybridized carbons (Fsp3) is 0.400. The van der Waals surface area contributed by atoms with Crippen LogP contribution >= 0.6 is 0 Å². The molecule has 0 amide bonds. The van der Waals surface area contributed by atoms with Crippen LogP contribution in [0, 0.1) is 10.1 Å². The molecular formula is C10H11N3O4. The molecule has 1 aromatic heterocycles. The standard InChI is InChI=1S/C10H11N3O4/c1-12(6-2-3-6)9-4-7(10(14)15)8(5-11-9)13(16)17/h4-6H,2-3H2,1H3,(H,14,15). The van der Waals surface area contributed by atoms with E-state index in [0.29, 0.717) is 11.9 Å². The van der Waals surface area contributed by atoms with E-state index in [1.165, 1.54) is 6.07 Å². The van der Waals surface area contributed by atoms with Crippen LogP contribution in [0.4, 0.5) is 11.5 Å². The van der Waals surface area contributed by atoms with Crippen LogP contribution in [-0.2, 0) is 0 Å². The summed E-state index contributed by atoms with van der Waals surface area (Å²) in [5.74, 6) is -0.861. The van der Waals surface area contributed by atoms with Crippen molar-refractivity contribution in [2.24, 2.45) is 0 Å². The van der Waals surface area contributed by atoms with Crippen molar-refractivity contribution in [1.29, 1.82) is 0 Å². The normalized spacial score (nSPS) is 14.4. The Bertz CT molecular complexity index is 484. The van der Waals surface area contributed by atoms with Gasteiger partial charge in [-0.15, -0.1) is 0 Å². The molecule has 1 fully saturated rings. The summed E-state index contributed by atoms with van der Waals surface area (Å²) in [6.45, 7) is 0. The number of carbonyl (C=O) groups is 1. The fourth-order valence-electron chi connectivity index (χ4n) is 1.60. The van der Waals surface area contributed by atoms with Crippen LogP contribution in [0.2, 0.25) is 0 Å². The van der Waals surface area contributed by atoms with E-state index in [9.17, 15) is 14.9 Å². The van der Waals surface area contributed by atoms with E-state index in [0.717, 1.165) is 19.0 Å². The first-order valence-corrected chi connectivity index (χ1v) is 5.11. The highest BCUT2D eigenvalue weighted by atomic mass is 16.6. The molecule has 1 saturated carbocycles. The minimum absolute atomic E-state index is 0.326. The molecule has 0 radical (unpaired) electrons. The van der Waals surface area contributed by atoms with Gasteiger partial charge in [-0.3, -0.25) is 10.1 Å². The number of aromatic carboxylic acids is 1. The third-order valence-electron chi connectivity index (χ3n) is 2.75. The van der Waals surface area contributed by atoms with Crippen LogP contribution in [0.5, 0.6) is 0 Å². The van der Waals surface area contributed by atoms with Gasteiger partial charge in [-0.1, -0.05) is 0 Å². The maximum absolute atomic E-state index is 10.9. The molecule has 1 aromatic rings. The number of rotatable bonds is 4. The van der Waals surface area contributed by atoms with E-state index in [1.807, 2.05) is 4.90 Å². The third-order valence-corrected chi connectivity index (χ3v) is 2.75. The number of hydrogen-bond donors (Lipinski definition) is 1. The Morgan fingerprint density at radius 2 is 2.29 bits per heavy atom. The minimum atomic E-state index is -1.32. The van der Waals surface area contributed by atoms with Gasteiger partial charge in [0.05, 0.1) is 4.92 Å². The van der Waals surface area contributed by atoms with Gasteiger partial charge in [-0.2, -0.15) is 0 Å². The van der Waals surface area contributed by atoms with Crippen LogP contribution in [0.3, 0.4) is 0 Å². The molecule has 1 aliphatic rings. The predicted octanol–water partition coefficient (Wildman–Crippen LogP) is 1.29. The van der Waals surface area contributed by atoms with Crippen molar-refractivity contribution in [3.05, 3.63) is 27.9 Å². The molecule has 17 heavy (non-hydrogen) atoms. The second kappa shape index (κ2) is 4.00. The van der Waals surface area contributed by atoms with Gasteiger partial charge in [0.2, 0.25) is 0 Å². The van der Waals surface area contributed by atoms with Crippen LogP contribution in [-0.4, -0.2) is 34.1 Å². The lowest BCUT2D eigenvalue weighted by molar-refractivity contribution is -0.385. The number of anilines is 1. The monoisotopic (exact) mass is 237 g/mol. The Hall–Kier alpha value is -2.18. The maximum Gasteiger partial charge on any atom is 0.342 e. The van der Waals surface area contributed by atoms with Crippen LogP contribution < -0.4 is 4.90 Å². The van der Waals surface area contributed by atoms with Gasteiger partial charge in [0, 0.05) is 19.2 Å². The second-order valence-electron chi connectivity index (χ2n) is 3.96. The van der Waals surface area contributed by atoms with Crippen molar-refractivity contribution in [2.75, 3.05) is 11.9 Å². The number of hydrogen-bond acceptors (Lipinski definition) is 5. The van der Waals surface area contributed by atoms with E-state index in [-0.39, 0.29) is 5.56 Å². The molecule has 0 unspecified atom stereocenters. The molecule has 0 aliphatic heterocycles. The third kappa shape index (κ3) is 2.17. The molecular weight excluding hydrogens is 226 g/mol. The van der Waals surface area contributed by atoms with Crippen LogP contribution in [0.15, 0.2) is 12.3 Å². The number of pyridine rings is 1. The minimum Gasteiger partial charge on any atom is -0.477 e. The molecule has 90 valence electrons. The van der Waals surface area contributed by atoms with Crippen molar-refractivity contribution < 1.29 is 14.8 Å². The van der Waals surface area contributed by atoms with Gasteiger partial charge >= 0.3 is 11.7 Å². The average molecular weight is 237 g/mol. The summed E-state index contributed by atoms with van der Waals surface area (Å²) >= 11 is 0. The smallest absolute Gasteiger partial charge is 0.342 e. The van der Waals surface area contributed by atoms with Gasteiger partial charge in [0.25, 0.3) is 0 Å². The summed E-state index contributed by atoms with van der Waals surface area (Å²) in [5, 5.41) is 19.6. The first-order chi connectivity index (χ1) is 8.00. The van der Waals surface area contributed by atoms with E-state index < -0.39 is 16.6 Å². The lowest BCUT2D eigenvalue weighted by atomic mass is 10.2. The Balaban J connectivity index is 2.41. The van der Waals surface area contributed by atoms with E-state index in [2.05, 4.69) is 4.98 Å². The Kier molecular flexibility index (Phi) is 2.66. The number of nitro groups is 1. The van der Waals surface area contributed by atoms with Crippen molar-refractivity contribution >= 4 is 17.5 Å². The summed E-state index contributed by atoms with van der Waals surface area (Å²) in [6.07, 6.45) is 3.08. The summed E-state index contributed by atoms with van der Waals surface area (Å²) in [4.78, 5) is 26.6. The maximum atomic E-state index is 10.9. The first kappa shape index (κ1) is 11.3. The number of aromatic nitrogens is 1. The number of nitrogens with zero attached hydrogens (tertiary/aromatic N) is 3. The Morgan fingerprint density at radius 1 is 1.65 bits per heavy atom. The topological polar surface area (TPSA) is 96.6 Å².